The van der Waals surface area contributed by atoms with Gasteiger partial charge < -0.3 is 30.7 Å². The normalized spacial score (nSPS) is 39.5. The monoisotopic (exact) mass is 416 g/mol. The third-order valence-electron chi connectivity index (χ3n) is 6.46. The van der Waals surface area contributed by atoms with Crippen molar-refractivity contribution in [2.75, 3.05) is 12.8 Å². The van der Waals surface area contributed by atoms with Crippen LogP contribution in [0.4, 0.5) is 0 Å². The van der Waals surface area contributed by atoms with E-state index in [1.165, 1.54) is 37.4 Å². The molecule has 3 rings (SSSR count). The molecule has 1 saturated carbocycles. The minimum Gasteiger partial charge on any atom is -0.388 e. The first-order valence-corrected chi connectivity index (χ1v) is 11.9. The van der Waals surface area contributed by atoms with Gasteiger partial charge in [0, 0.05) is 6.54 Å². The Morgan fingerprint density at radius 1 is 1.18 bits per heavy atom. The summed E-state index contributed by atoms with van der Waals surface area (Å²) in [5.74, 6) is 1.21. The number of carbonyl (C=O) groups is 1. The van der Waals surface area contributed by atoms with Gasteiger partial charge >= 0.3 is 0 Å². The molecule has 0 aromatic rings. The van der Waals surface area contributed by atoms with E-state index in [9.17, 15) is 20.1 Å². The van der Waals surface area contributed by atoms with E-state index < -0.39 is 35.9 Å². The van der Waals surface area contributed by atoms with E-state index in [0.29, 0.717) is 5.92 Å². The zero-order valence-corrected chi connectivity index (χ0v) is 17.9. The minimum absolute atomic E-state index is 0.00180. The summed E-state index contributed by atoms with van der Waals surface area (Å²) in [6, 6.07) is -0.651. The van der Waals surface area contributed by atoms with E-state index in [4.69, 9.17) is 4.74 Å². The number of rotatable bonds is 9. The van der Waals surface area contributed by atoms with Crippen LogP contribution in [-0.2, 0) is 9.53 Å². The molecule has 3 unspecified atom stereocenters. The van der Waals surface area contributed by atoms with Gasteiger partial charge in [0.15, 0.2) is 0 Å². The molecular weight excluding hydrogens is 380 g/mol. The Labute approximate surface area is 172 Å². The molecule has 3 fully saturated rings. The summed E-state index contributed by atoms with van der Waals surface area (Å²) in [4.78, 5) is 12.9. The Morgan fingerprint density at radius 2 is 1.89 bits per heavy atom. The van der Waals surface area contributed by atoms with Crippen LogP contribution in [0.15, 0.2) is 0 Å². The van der Waals surface area contributed by atoms with E-state index in [2.05, 4.69) is 10.6 Å². The van der Waals surface area contributed by atoms with Crippen molar-refractivity contribution in [2.45, 2.75) is 87.9 Å². The molecule has 0 aromatic carbocycles. The fourth-order valence-electron chi connectivity index (χ4n) is 4.30. The standard InChI is InChI=1S/C20H36N2O5S/c1-10(2)13(18-16(24)15(23)17(25)20(27-18)28-3)22-19(26)14-12(9-21-14)6-4-5-11-7-8-11/h10-18,20-21,23-25H,4-9H2,1-3H3,(H,22,26)/t12?,13?,14?,15-,16+,17+,18+,20+/m1/s1. The van der Waals surface area contributed by atoms with Crippen LogP contribution in [-0.4, -0.2) is 76.0 Å². The van der Waals surface area contributed by atoms with Crippen LogP contribution in [0.1, 0.15) is 46.0 Å². The molecule has 1 aliphatic carbocycles. The second-order valence-electron chi connectivity index (χ2n) is 8.98. The van der Waals surface area contributed by atoms with Crippen LogP contribution < -0.4 is 10.6 Å². The van der Waals surface area contributed by atoms with Crippen LogP contribution in [0, 0.1) is 17.8 Å². The maximum absolute atomic E-state index is 12.9. The fraction of sp³-hybridized carbons (Fsp3) is 0.950. The quantitative estimate of drug-likeness (QED) is 0.371. The lowest BCUT2D eigenvalue weighted by Crippen LogP contribution is -2.67. The third kappa shape index (κ3) is 5.02. The van der Waals surface area contributed by atoms with Crippen molar-refractivity contribution in [1.29, 1.82) is 0 Å². The molecule has 2 aliphatic heterocycles. The van der Waals surface area contributed by atoms with Gasteiger partial charge in [-0.2, -0.15) is 0 Å². The van der Waals surface area contributed by atoms with Crippen LogP contribution in [0.2, 0.25) is 0 Å². The van der Waals surface area contributed by atoms with E-state index in [0.717, 1.165) is 18.9 Å². The van der Waals surface area contributed by atoms with E-state index in [1.54, 1.807) is 6.26 Å². The zero-order chi connectivity index (χ0) is 20.4. The first kappa shape index (κ1) is 22.3. The van der Waals surface area contributed by atoms with Gasteiger partial charge in [0.25, 0.3) is 0 Å². The van der Waals surface area contributed by atoms with Crippen LogP contribution in [0.25, 0.3) is 0 Å². The highest BCUT2D eigenvalue weighted by Crippen LogP contribution is 2.35. The van der Waals surface area contributed by atoms with Gasteiger partial charge in [-0.3, -0.25) is 4.79 Å². The second-order valence-corrected chi connectivity index (χ2v) is 9.91. The molecule has 8 heteroatoms. The van der Waals surface area contributed by atoms with E-state index in [1.807, 2.05) is 13.8 Å². The molecule has 162 valence electrons. The molecular formula is C20H36N2O5S. The molecule has 7 nitrogen and oxygen atoms in total. The van der Waals surface area contributed by atoms with Gasteiger partial charge in [-0.25, -0.2) is 0 Å². The van der Waals surface area contributed by atoms with Crippen molar-refractivity contribution in [1.82, 2.24) is 10.6 Å². The topological polar surface area (TPSA) is 111 Å². The maximum Gasteiger partial charge on any atom is 0.237 e. The average Bonchev–Trinajstić information content (AvgIpc) is 3.45. The molecule has 1 amide bonds. The molecule has 8 atom stereocenters. The number of carbonyl (C=O) groups excluding carboxylic acids is 1. The number of nitrogens with one attached hydrogen (secondary N) is 2. The lowest BCUT2D eigenvalue weighted by Gasteiger charge is -2.45. The molecule has 3 aliphatic rings. The lowest BCUT2D eigenvalue weighted by atomic mass is 9.84. The summed E-state index contributed by atoms with van der Waals surface area (Å²) in [6.07, 6.45) is 3.55. The molecule has 0 spiro atoms. The summed E-state index contributed by atoms with van der Waals surface area (Å²) >= 11 is 1.28. The van der Waals surface area contributed by atoms with Crippen molar-refractivity contribution >= 4 is 17.7 Å². The highest BCUT2D eigenvalue weighted by molar-refractivity contribution is 7.99. The second kappa shape index (κ2) is 9.62. The van der Waals surface area contributed by atoms with Crippen LogP contribution in [0.5, 0.6) is 0 Å². The number of aliphatic hydroxyl groups is 3. The van der Waals surface area contributed by atoms with Crippen molar-refractivity contribution in [2.24, 2.45) is 17.8 Å². The Morgan fingerprint density at radius 3 is 2.43 bits per heavy atom. The summed E-state index contributed by atoms with van der Waals surface area (Å²) in [5.41, 5.74) is -0.640. The summed E-state index contributed by atoms with van der Waals surface area (Å²) < 4.78 is 5.88. The molecule has 2 heterocycles. The maximum atomic E-state index is 12.9. The third-order valence-corrected chi connectivity index (χ3v) is 7.31. The van der Waals surface area contributed by atoms with E-state index in [-0.39, 0.29) is 17.9 Å². The Balaban J connectivity index is 1.58. The van der Waals surface area contributed by atoms with Crippen molar-refractivity contribution in [3.05, 3.63) is 0 Å². The average molecular weight is 417 g/mol. The summed E-state index contributed by atoms with van der Waals surface area (Å²) in [6.45, 7) is 4.78. The van der Waals surface area contributed by atoms with E-state index >= 15 is 0 Å². The minimum atomic E-state index is -1.30. The smallest absolute Gasteiger partial charge is 0.237 e. The molecule has 28 heavy (non-hydrogen) atoms. The number of amides is 1. The number of hydrogen-bond donors (Lipinski definition) is 5. The van der Waals surface area contributed by atoms with Gasteiger partial charge in [-0.15, -0.1) is 11.8 Å². The molecule has 0 radical (unpaired) electrons. The largest absolute Gasteiger partial charge is 0.388 e. The van der Waals surface area contributed by atoms with Gasteiger partial charge in [0.05, 0.1) is 12.1 Å². The zero-order valence-electron chi connectivity index (χ0n) is 17.1. The lowest BCUT2D eigenvalue weighted by molar-refractivity contribution is -0.208. The summed E-state index contributed by atoms with van der Waals surface area (Å²) in [5, 5.41) is 37.1. The molecule has 0 aromatic heterocycles. The SMILES string of the molecule is CS[C@@H]1O[C@@H](C(NC(=O)C2NCC2CCCC2CC2)C(C)C)[C@@H](O)[C@@H](O)[C@@H]1O. The van der Waals surface area contributed by atoms with Crippen molar-refractivity contribution in [3.63, 3.8) is 0 Å². The molecule has 5 N–H and O–H groups in total. The van der Waals surface area contributed by atoms with Gasteiger partial charge in [-0.1, -0.05) is 39.5 Å². The number of ether oxygens (including phenoxy) is 1. The van der Waals surface area contributed by atoms with Gasteiger partial charge in [-0.05, 0) is 30.4 Å². The number of thioether (sulfide) groups is 1. The van der Waals surface area contributed by atoms with Crippen molar-refractivity contribution in [3.8, 4) is 0 Å². The highest BCUT2D eigenvalue weighted by atomic mass is 32.2. The first-order valence-electron chi connectivity index (χ1n) is 10.6. The Hall–Kier alpha value is -0.380. The fourth-order valence-corrected chi connectivity index (χ4v) is 4.98. The first-order chi connectivity index (χ1) is 13.3. The highest BCUT2D eigenvalue weighted by Gasteiger charge is 2.48. The number of aliphatic hydroxyl groups excluding tert-OH is 3. The van der Waals surface area contributed by atoms with Crippen molar-refractivity contribution < 1.29 is 24.9 Å². The number of hydrogen-bond acceptors (Lipinski definition) is 7. The Bertz CT molecular complexity index is 531. The summed E-state index contributed by atoms with van der Waals surface area (Å²) in [7, 11) is 0. The van der Waals surface area contributed by atoms with Gasteiger partial charge in [0.1, 0.15) is 29.9 Å². The Kier molecular flexibility index (Phi) is 7.66. The molecule has 2 saturated heterocycles. The van der Waals surface area contributed by atoms with Gasteiger partial charge in [0.2, 0.25) is 5.91 Å². The predicted molar refractivity (Wildman–Crippen MR) is 109 cm³/mol. The predicted octanol–water partition coefficient (Wildman–Crippen LogP) is 0.466. The van der Waals surface area contributed by atoms with Crippen LogP contribution >= 0.6 is 11.8 Å². The molecule has 0 bridgehead atoms. The van der Waals surface area contributed by atoms with Crippen LogP contribution in [0.3, 0.4) is 0 Å².